The number of hydrogen-bond acceptors (Lipinski definition) is 8. The van der Waals surface area contributed by atoms with Crippen LogP contribution in [0.5, 0.6) is 0 Å². The van der Waals surface area contributed by atoms with E-state index in [4.69, 9.17) is 18.5 Å². The quantitative estimate of drug-likeness (QED) is 0.0195. The second kappa shape index (κ2) is 65.2. The van der Waals surface area contributed by atoms with Crippen molar-refractivity contribution in [3.8, 4) is 0 Å². The van der Waals surface area contributed by atoms with E-state index in [1.807, 2.05) is 21.1 Å². The van der Waals surface area contributed by atoms with Gasteiger partial charge in [-0.3, -0.25) is 14.2 Å². The van der Waals surface area contributed by atoms with Crippen molar-refractivity contribution in [1.82, 2.24) is 0 Å². The summed E-state index contributed by atoms with van der Waals surface area (Å²) in [5.41, 5.74) is 0. The summed E-state index contributed by atoms with van der Waals surface area (Å²) in [5, 5.41) is 0. The van der Waals surface area contributed by atoms with E-state index in [1.165, 1.54) is 327 Å². The summed E-state index contributed by atoms with van der Waals surface area (Å²) in [5.74, 6) is -0.805. The molecule has 0 amide bonds. The molecule has 0 aliphatic rings. The van der Waals surface area contributed by atoms with E-state index < -0.39 is 26.5 Å². The first kappa shape index (κ1) is 81.8. The van der Waals surface area contributed by atoms with Crippen LogP contribution in [0, 0.1) is 0 Å². The van der Waals surface area contributed by atoms with Gasteiger partial charge in [0.05, 0.1) is 27.7 Å². The molecule has 10 heteroatoms. The lowest BCUT2D eigenvalue weighted by Crippen LogP contribution is -2.37. The highest BCUT2D eigenvalue weighted by Crippen LogP contribution is 2.38. The molecule has 0 spiro atoms. The van der Waals surface area contributed by atoms with E-state index in [1.54, 1.807) is 0 Å². The van der Waals surface area contributed by atoms with Crippen molar-refractivity contribution >= 4 is 19.8 Å². The van der Waals surface area contributed by atoms with Gasteiger partial charge >= 0.3 is 11.9 Å². The zero-order valence-electron chi connectivity index (χ0n) is 56.4. The minimum Gasteiger partial charge on any atom is -0.756 e. The number of likely N-dealkylation sites (N-methyl/N-ethyl adjacent to an activating group) is 1. The van der Waals surface area contributed by atoms with Crippen molar-refractivity contribution in [2.75, 3.05) is 47.5 Å². The Labute approximate surface area is 517 Å². The molecule has 9 nitrogen and oxygen atoms in total. The Morgan fingerprint density at radius 1 is 0.361 bits per heavy atom. The second-order valence-corrected chi connectivity index (χ2v) is 28.1. The van der Waals surface area contributed by atoms with Crippen LogP contribution >= 0.6 is 7.82 Å². The predicted octanol–water partition coefficient (Wildman–Crippen LogP) is 23.3. The lowest BCUT2D eigenvalue weighted by atomic mass is 10.0. The molecule has 0 fully saturated rings. The molecule has 0 radical (unpaired) electrons. The Balaban J connectivity index is 3.87. The fourth-order valence-electron chi connectivity index (χ4n) is 11.4. The van der Waals surface area contributed by atoms with Crippen LogP contribution in [0.4, 0.5) is 0 Å². The second-order valence-electron chi connectivity index (χ2n) is 26.7. The van der Waals surface area contributed by atoms with Crippen LogP contribution in [0.1, 0.15) is 393 Å². The largest absolute Gasteiger partial charge is 0.756 e. The first-order chi connectivity index (χ1) is 40.5. The zero-order valence-corrected chi connectivity index (χ0v) is 57.3. The Bertz CT molecular complexity index is 1400. The lowest BCUT2D eigenvalue weighted by Gasteiger charge is -2.28. The summed E-state index contributed by atoms with van der Waals surface area (Å²) in [7, 11) is 1.19. The van der Waals surface area contributed by atoms with Gasteiger partial charge in [0, 0.05) is 12.8 Å². The number of carbonyl (C=O) groups is 2. The van der Waals surface area contributed by atoms with E-state index in [-0.39, 0.29) is 32.0 Å². The standard InChI is InChI=1S/C73H144NO8P/c1-6-8-10-12-14-16-18-20-22-24-26-28-29-30-31-32-33-34-35-36-37-38-39-40-41-42-43-44-45-46-48-50-52-54-56-58-60-62-64-66-73(76)82-71(70-81-83(77,78)80-68-67-74(3,4)5)69-79-72(75)65-63-61-59-57-55-53-51-49-47-27-25-23-21-19-17-15-13-11-9-7-2/h24,26,71H,6-23,25,27-70H2,1-5H3/b26-24-. The van der Waals surface area contributed by atoms with Gasteiger partial charge in [-0.25, -0.2) is 0 Å². The van der Waals surface area contributed by atoms with Crippen LogP contribution in [-0.2, 0) is 32.7 Å². The molecule has 494 valence electrons. The van der Waals surface area contributed by atoms with Gasteiger partial charge < -0.3 is 27.9 Å². The van der Waals surface area contributed by atoms with Crippen LogP contribution in [0.25, 0.3) is 0 Å². The molecule has 0 aromatic heterocycles. The topological polar surface area (TPSA) is 111 Å². The molecule has 0 saturated carbocycles. The van der Waals surface area contributed by atoms with Crippen molar-refractivity contribution in [2.24, 2.45) is 0 Å². The zero-order chi connectivity index (χ0) is 60.5. The lowest BCUT2D eigenvalue weighted by molar-refractivity contribution is -0.870. The summed E-state index contributed by atoms with van der Waals surface area (Å²) in [6.07, 6.45) is 80.4. The number of unbranched alkanes of at least 4 members (excludes halogenated alkanes) is 54. The van der Waals surface area contributed by atoms with Crippen LogP contribution in [-0.4, -0.2) is 70.0 Å². The number of nitrogens with zero attached hydrogens (tertiary/aromatic N) is 1. The van der Waals surface area contributed by atoms with Crippen molar-refractivity contribution in [1.29, 1.82) is 0 Å². The van der Waals surface area contributed by atoms with Crippen LogP contribution in [0.2, 0.25) is 0 Å². The Morgan fingerprint density at radius 3 is 0.892 bits per heavy atom. The number of carbonyl (C=O) groups excluding carboxylic acids is 2. The van der Waals surface area contributed by atoms with Gasteiger partial charge in [0.1, 0.15) is 19.8 Å². The van der Waals surface area contributed by atoms with Crippen LogP contribution in [0.3, 0.4) is 0 Å². The first-order valence-corrected chi connectivity index (χ1v) is 38.4. The van der Waals surface area contributed by atoms with Gasteiger partial charge in [-0.2, -0.15) is 0 Å². The van der Waals surface area contributed by atoms with E-state index in [0.717, 1.165) is 32.1 Å². The molecule has 2 atom stereocenters. The highest BCUT2D eigenvalue weighted by molar-refractivity contribution is 7.45. The molecule has 0 heterocycles. The van der Waals surface area contributed by atoms with Gasteiger partial charge in [0.2, 0.25) is 0 Å². The van der Waals surface area contributed by atoms with Gasteiger partial charge in [0.25, 0.3) is 7.82 Å². The number of hydrogen-bond donors (Lipinski definition) is 0. The summed E-state index contributed by atoms with van der Waals surface area (Å²) in [6.45, 7) is 4.33. The highest BCUT2D eigenvalue weighted by atomic mass is 31.2. The van der Waals surface area contributed by atoms with Crippen molar-refractivity contribution in [3.05, 3.63) is 12.2 Å². The Hall–Kier alpha value is -1.25. The molecule has 0 saturated heterocycles. The average Bonchev–Trinajstić information content (AvgIpc) is 3.48. The van der Waals surface area contributed by atoms with Gasteiger partial charge in [-0.05, 0) is 38.5 Å². The molecule has 83 heavy (non-hydrogen) atoms. The summed E-state index contributed by atoms with van der Waals surface area (Å²) in [4.78, 5) is 38.0. The number of allylic oxidation sites excluding steroid dienone is 2. The molecule has 0 aromatic rings. The van der Waals surface area contributed by atoms with E-state index in [9.17, 15) is 19.0 Å². The first-order valence-electron chi connectivity index (χ1n) is 36.9. The molecule has 0 aliphatic carbocycles. The summed E-state index contributed by atoms with van der Waals surface area (Å²) < 4.78 is 34.3. The smallest absolute Gasteiger partial charge is 0.306 e. The fourth-order valence-corrected chi connectivity index (χ4v) is 12.1. The van der Waals surface area contributed by atoms with E-state index in [0.29, 0.717) is 17.4 Å². The van der Waals surface area contributed by atoms with Gasteiger partial charge in [0.15, 0.2) is 6.10 Å². The predicted molar refractivity (Wildman–Crippen MR) is 356 cm³/mol. The number of phosphoric acid groups is 1. The SMILES string of the molecule is CCCCCCCCCC/C=C\CCCCCCCCCCCCCCCCCCCCCCCCCCCCCC(=O)OC(COC(=O)CCCCCCCCCCCCCCCCCCCCCC)COP(=O)([O-])OCC[N+](C)(C)C. The van der Waals surface area contributed by atoms with Crippen LogP contribution in [0.15, 0.2) is 12.2 Å². The van der Waals surface area contributed by atoms with Gasteiger partial charge in [-0.1, -0.05) is 353 Å². The monoisotopic (exact) mass is 1190 g/mol. The van der Waals surface area contributed by atoms with Crippen molar-refractivity contribution in [2.45, 2.75) is 399 Å². The summed E-state index contributed by atoms with van der Waals surface area (Å²) >= 11 is 0. The molecule has 0 bridgehead atoms. The number of rotatable bonds is 70. The molecule has 0 rings (SSSR count). The van der Waals surface area contributed by atoms with Gasteiger partial charge in [-0.15, -0.1) is 0 Å². The van der Waals surface area contributed by atoms with Crippen molar-refractivity contribution in [3.63, 3.8) is 0 Å². The maximum absolute atomic E-state index is 12.9. The summed E-state index contributed by atoms with van der Waals surface area (Å²) in [6, 6.07) is 0. The molecule has 2 unspecified atom stereocenters. The number of phosphoric ester groups is 1. The normalized spacial score (nSPS) is 13.1. The minimum absolute atomic E-state index is 0.0255. The molecular weight excluding hydrogens is 1050 g/mol. The minimum atomic E-state index is -4.63. The number of ether oxygens (including phenoxy) is 2. The third-order valence-electron chi connectivity index (χ3n) is 17.0. The van der Waals surface area contributed by atoms with Crippen molar-refractivity contribution < 1.29 is 42.1 Å². The fraction of sp³-hybridized carbons (Fsp3) is 0.945. The molecule has 0 aliphatic heterocycles. The molecule has 0 N–H and O–H groups in total. The van der Waals surface area contributed by atoms with Crippen LogP contribution < -0.4 is 4.89 Å². The third-order valence-corrected chi connectivity index (χ3v) is 18.0. The Morgan fingerprint density at radius 2 is 0.614 bits per heavy atom. The maximum atomic E-state index is 12.9. The average molecular weight is 1190 g/mol. The molecule has 0 aromatic carbocycles. The number of esters is 2. The highest BCUT2D eigenvalue weighted by Gasteiger charge is 2.22. The number of quaternary nitrogens is 1. The third kappa shape index (κ3) is 69.7. The maximum Gasteiger partial charge on any atom is 0.306 e. The van der Waals surface area contributed by atoms with E-state index >= 15 is 0 Å². The van der Waals surface area contributed by atoms with E-state index in [2.05, 4.69) is 26.0 Å². The Kier molecular flexibility index (Phi) is 64.2. The molecular formula is C73H144NO8P.